The second-order valence-corrected chi connectivity index (χ2v) is 10.0. The van der Waals surface area contributed by atoms with Crippen LogP contribution in [0.4, 0.5) is 15.6 Å². The summed E-state index contributed by atoms with van der Waals surface area (Å²) in [7, 11) is 0. The Kier molecular flexibility index (Phi) is 6.79. The maximum absolute atomic E-state index is 12.4. The number of thiazole rings is 1. The summed E-state index contributed by atoms with van der Waals surface area (Å²) >= 11 is 2.71. The molecule has 2 aliphatic heterocycles. The molecule has 0 unspecified atom stereocenters. The fourth-order valence-electron chi connectivity index (χ4n) is 3.35. The Balaban J connectivity index is 1.17. The van der Waals surface area contributed by atoms with Gasteiger partial charge < -0.3 is 19.9 Å². The monoisotopic (exact) mass is 491 g/mol. The molecule has 2 aromatic rings. The van der Waals surface area contributed by atoms with Gasteiger partial charge in [-0.2, -0.15) is 0 Å². The van der Waals surface area contributed by atoms with Crippen molar-refractivity contribution in [2.75, 3.05) is 31.1 Å². The zero-order valence-electron chi connectivity index (χ0n) is 17.6. The number of hydrogen-bond acceptors (Lipinski definition) is 10. The topological polar surface area (TPSA) is 135 Å². The molecule has 0 bridgehead atoms. The van der Waals surface area contributed by atoms with E-state index in [0.29, 0.717) is 24.3 Å². The van der Waals surface area contributed by atoms with Crippen molar-refractivity contribution in [3.05, 3.63) is 51.0 Å². The van der Waals surface area contributed by atoms with E-state index in [1.807, 2.05) is 4.90 Å². The highest BCUT2D eigenvalue weighted by molar-refractivity contribution is 8.14. The van der Waals surface area contributed by atoms with E-state index in [0.717, 1.165) is 18.2 Å². The van der Waals surface area contributed by atoms with Gasteiger partial charge in [0, 0.05) is 55.9 Å². The first-order valence-electron chi connectivity index (χ1n) is 10.1. The smallest absolute Gasteiger partial charge is 0.410 e. The molecule has 0 radical (unpaired) electrons. The third kappa shape index (κ3) is 5.60. The van der Waals surface area contributed by atoms with Crippen molar-refractivity contribution in [1.29, 1.82) is 0 Å². The minimum atomic E-state index is -0.509. The summed E-state index contributed by atoms with van der Waals surface area (Å²) in [5.41, 5.74) is 0.948. The third-order valence-electron chi connectivity index (χ3n) is 5.16. The molecule has 3 heterocycles. The van der Waals surface area contributed by atoms with Gasteiger partial charge in [-0.15, -0.1) is 11.3 Å². The van der Waals surface area contributed by atoms with Crippen molar-refractivity contribution in [3.8, 4) is 0 Å². The van der Waals surface area contributed by atoms with Crippen molar-refractivity contribution in [3.63, 3.8) is 0 Å². The molecule has 0 atom stereocenters. The Morgan fingerprint density at radius 2 is 1.94 bits per heavy atom. The standard InChI is InChI=1S/C20H21N5O6S2/c1-12(26)33-16-8-23(9-16)19-22-17(11-32-19)18(27)21-14-6-24(7-14)20(28)31-10-13-2-4-15(5-3-13)25(29)30/h2-5,11,14,16H,6-10H2,1H3,(H,21,27). The van der Waals surface area contributed by atoms with E-state index in [-0.39, 0.29) is 34.6 Å². The predicted molar refractivity (Wildman–Crippen MR) is 122 cm³/mol. The van der Waals surface area contributed by atoms with Crippen LogP contribution in [0.25, 0.3) is 0 Å². The summed E-state index contributed by atoms with van der Waals surface area (Å²) in [4.78, 5) is 53.8. The van der Waals surface area contributed by atoms with E-state index in [4.69, 9.17) is 4.74 Å². The van der Waals surface area contributed by atoms with Crippen molar-refractivity contribution in [2.24, 2.45) is 0 Å². The van der Waals surface area contributed by atoms with E-state index in [1.165, 1.54) is 52.3 Å². The molecule has 33 heavy (non-hydrogen) atoms. The number of amides is 2. The van der Waals surface area contributed by atoms with E-state index in [2.05, 4.69) is 10.3 Å². The van der Waals surface area contributed by atoms with Gasteiger partial charge in [0.25, 0.3) is 11.6 Å². The number of carbonyl (C=O) groups excluding carboxylic acids is 3. The van der Waals surface area contributed by atoms with Crippen LogP contribution in [0.5, 0.6) is 0 Å². The first-order valence-corrected chi connectivity index (χ1v) is 11.9. The van der Waals surface area contributed by atoms with E-state index < -0.39 is 11.0 Å². The first-order chi connectivity index (χ1) is 15.8. The average Bonchev–Trinajstić information content (AvgIpc) is 3.20. The number of nitrogens with zero attached hydrogens (tertiary/aromatic N) is 4. The van der Waals surface area contributed by atoms with Crippen LogP contribution < -0.4 is 10.2 Å². The summed E-state index contributed by atoms with van der Waals surface area (Å²) in [5, 5.41) is 16.3. The normalized spacial score (nSPS) is 16.0. The van der Waals surface area contributed by atoms with Crippen LogP contribution >= 0.6 is 23.1 Å². The Bertz CT molecular complexity index is 1060. The molecule has 0 saturated carbocycles. The molecule has 0 spiro atoms. The first kappa shape index (κ1) is 23.0. The molecular formula is C20H21N5O6S2. The highest BCUT2D eigenvalue weighted by atomic mass is 32.2. The van der Waals surface area contributed by atoms with Gasteiger partial charge in [0.05, 0.1) is 11.0 Å². The number of likely N-dealkylation sites (tertiary alicyclic amines) is 1. The van der Waals surface area contributed by atoms with Crippen molar-refractivity contribution in [1.82, 2.24) is 15.2 Å². The lowest BCUT2D eigenvalue weighted by Gasteiger charge is -2.38. The van der Waals surface area contributed by atoms with E-state index in [9.17, 15) is 24.5 Å². The fraction of sp³-hybridized carbons (Fsp3) is 0.400. The molecule has 2 saturated heterocycles. The van der Waals surface area contributed by atoms with E-state index in [1.54, 1.807) is 12.3 Å². The van der Waals surface area contributed by atoms with Gasteiger partial charge in [0.2, 0.25) is 0 Å². The summed E-state index contributed by atoms with van der Waals surface area (Å²) in [6.07, 6.45) is -0.509. The quantitative estimate of drug-likeness (QED) is 0.457. The van der Waals surface area contributed by atoms with Crippen LogP contribution in [0.15, 0.2) is 29.6 Å². The lowest BCUT2D eigenvalue weighted by molar-refractivity contribution is -0.384. The minimum absolute atomic E-state index is 0.00817. The van der Waals surface area contributed by atoms with Gasteiger partial charge in [0.15, 0.2) is 10.2 Å². The van der Waals surface area contributed by atoms with Crippen LogP contribution in [0.3, 0.4) is 0 Å². The van der Waals surface area contributed by atoms with Gasteiger partial charge in [-0.05, 0) is 17.7 Å². The lowest BCUT2D eigenvalue weighted by Crippen LogP contribution is -2.61. The summed E-state index contributed by atoms with van der Waals surface area (Å²) in [6, 6.07) is 5.60. The number of anilines is 1. The summed E-state index contributed by atoms with van der Waals surface area (Å²) < 4.78 is 5.22. The molecule has 11 nitrogen and oxygen atoms in total. The number of ether oxygens (including phenoxy) is 1. The molecule has 2 amide bonds. The molecule has 1 aromatic heterocycles. The molecule has 2 fully saturated rings. The molecule has 1 aromatic carbocycles. The summed E-state index contributed by atoms with van der Waals surface area (Å²) in [6.45, 7) is 3.69. The van der Waals surface area contributed by atoms with Crippen molar-refractivity contribution < 1.29 is 24.0 Å². The minimum Gasteiger partial charge on any atom is -0.445 e. The second-order valence-electron chi connectivity index (χ2n) is 7.71. The van der Waals surface area contributed by atoms with E-state index >= 15 is 0 Å². The maximum Gasteiger partial charge on any atom is 0.410 e. The molecule has 2 aliphatic rings. The second kappa shape index (κ2) is 9.75. The van der Waals surface area contributed by atoms with Gasteiger partial charge in [-0.3, -0.25) is 19.7 Å². The number of benzene rings is 1. The SMILES string of the molecule is CC(=O)SC1CN(c2nc(C(=O)NC3CN(C(=O)OCc4ccc([N+](=O)[O-])cc4)C3)cs2)C1. The number of nitro benzene ring substituents is 1. The van der Waals surface area contributed by atoms with Gasteiger partial charge in [-0.1, -0.05) is 11.8 Å². The molecule has 0 aliphatic carbocycles. The van der Waals surface area contributed by atoms with Crippen LogP contribution in [0.1, 0.15) is 23.0 Å². The molecule has 174 valence electrons. The van der Waals surface area contributed by atoms with Crippen molar-refractivity contribution >= 4 is 51.0 Å². The van der Waals surface area contributed by atoms with Gasteiger partial charge in [-0.25, -0.2) is 9.78 Å². The highest BCUT2D eigenvalue weighted by Gasteiger charge is 2.34. The zero-order chi connectivity index (χ0) is 23.5. The molecule has 13 heteroatoms. The Labute approximate surface area is 197 Å². The van der Waals surface area contributed by atoms with Crippen LogP contribution in [0, 0.1) is 10.1 Å². The number of hydrogen-bond donors (Lipinski definition) is 1. The Hall–Kier alpha value is -3.19. The number of aromatic nitrogens is 1. The Morgan fingerprint density at radius 1 is 1.24 bits per heavy atom. The highest BCUT2D eigenvalue weighted by Crippen LogP contribution is 2.30. The van der Waals surface area contributed by atoms with Crippen molar-refractivity contribution in [2.45, 2.75) is 24.8 Å². The van der Waals surface area contributed by atoms with Gasteiger partial charge >= 0.3 is 6.09 Å². The predicted octanol–water partition coefficient (Wildman–Crippen LogP) is 2.27. The van der Waals surface area contributed by atoms with Crippen LogP contribution in [-0.2, 0) is 16.1 Å². The zero-order valence-corrected chi connectivity index (χ0v) is 19.3. The molecule has 1 N–H and O–H groups in total. The third-order valence-corrected chi connectivity index (χ3v) is 7.03. The number of rotatable bonds is 7. The average molecular weight is 492 g/mol. The number of non-ortho nitro benzene ring substituents is 1. The number of thioether (sulfide) groups is 1. The van der Waals surface area contributed by atoms with Gasteiger partial charge in [0.1, 0.15) is 12.3 Å². The number of nitro groups is 1. The molecular weight excluding hydrogens is 470 g/mol. The lowest BCUT2D eigenvalue weighted by atomic mass is 10.1. The number of nitrogens with one attached hydrogen (secondary N) is 1. The largest absolute Gasteiger partial charge is 0.445 e. The number of carbonyl (C=O) groups is 3. The fourth-order valence-corrected chi connectivity index (χ4v) is 5.15. The maximum atomic E-state index is 12.4. The van der Waals surface area contributed by atoms with Crippen LogP contribution in [0.2, 0.25) is 0 Å². The molecule has 4 rings (SSSR count). The Morgan fingerprint density at radius 3 is 2.58 bits per heavy atom. The van der Waals surface area contributed by atoms with Crippen LogP contribution in [-0.4, -0.2) is 69.4 Å². The summed E-state index contributed by atoms with van der Waals surface area (Å²) in [5.74, 6) is -0.295.